The van der Waals surface area contributed by atoms with Gasteiger partial charge in [-0.05, 0) is 0 Å². The second kappa shape index (κ2) is 2.51. The van der Waals surface area contributed by atoms with Gasteiger partial charge in [0.2, 0.25) is 0 Å². The zero-order valence-corrected chi connectivity index (χ0v) is 6.47. The van der Waals surface area contributed by atoms with Crippen LogP contribution in [0.1, 0.15) is 5.56 Å². The predicted molar refractivity (Wildman–Crippen MR) is 44.6 cm³/mol. The molecule has 2 heterocycles. The highest BCUT2D eigenvalue weighted by Gasteiger charge is 2.08. The van der Waals surface area contributed by atoms with E-state index in [2.05, 4.69) is 15.3 Å². The van der Waals surface area contributed by atoms with E-state index in [-0.39, 0.29) is 0 Å². The fourth-order valence-electron chi connectivity index (χ4n) is 0.995. The van der Waals surface area contributed by atoms with E-state index in [0.29, 0.717) is 5.15 Å². The number of hydrogen-bond donors (Lipinski definition) is 1. The van der Waals surface area contributed by atoms with Crippen LogP contribution in [0.4, 0.5) is 5.82 Å². The van der Waals surface area contributed by atoms with Crippen LogP contribution in [-0.4, -0.2) is 16.5 Å². The first kappa shape index (κ1) is 6.61. The average Bonchev–Trinajstić information content (AvgIpc) is 2.06. The minimum absolute atomic E-state index is 0.499. The number of fused-ring (bicyclic) bond motifs is 1. The fraction of sp³-hybridized carbons (Fsp3) is 0.143. The molecule has 0 atom stereocenters. The maximum Gasteiger partial charge on any atom is 0.141 e. The van der Waals surface area contributed by atoms with Gasteiger partial charge in [-0.15, -0.1) is 0 Å². The van der Waals surface area contributed by atoms with Crippen molar-refractivity contribution in [3.05, 3.63) is 23.1 Å². The molecule has 0 saturated heterocycles. The summed E-state index contributed by atoms with van der Waals surface area (Å²) in [7, 11) is 0. The fourth-order valence-corrected chi connectivity index (χ4v) is 1.19. The summed E-state index contributed by atoms with van der Waals surface area (Å²) in [5.74, 6) is 0.813. The van der Waals surface area contributed by atoms with Crippen LogP contribution in [0.3, 0.4) is 0 Å². The van der Waals surface area contributed by atoms with Gasteiger partial charge in [0.25, 0.3) is 0 Å². The minimum Gasteiger partial charge on any atom is -0.366 e. The molecule has 2 rings (SSSR count). The van der Waals surface area contributed by atoms with Gasteiger partial charge in [-0.25, -0.2) is 9.97 Å². The van der Waals surface area contributed by atoms with Crippen molar-refractivity contribution < 1.29 is 0 Å². The predicted octanol–water partition coefficient (Wildman–Crippen LogP) is 1.57. The van der Waals surface area contributed by atoms with Crippen LogP contribution in [0.5, 0.6) is 0 Å². The van der Waals surface area contributed by atoms with Crippen LogP contribution in [0.15, 0.2) is 12.4 Å². The molecule has 0 saturated carbocycles. The smallest absolute Gasteiger partial charge is 0.141 e. The molecule has 56 valence electrons. The molecular weight excluding hydrogens is 162 g/mol. The monoisotopic (exact) mass is 167 g/mol. The molecule has 0 fully saturated rings. The number of anilines is 1. The Kier molecular flexibility index (Phi) is 1.51. The molecule has 1 aromatic heterocycles. The lowest BCUT2D eigenvalue weighted by Gasteiger charge is -2.10. The van der Waals surface area contributed by atoms with Crippen molar-refractivity contribution in [3.8, 4) is 0 Å². The zero-order valence-electron chi connectivity index (χ0n) is 5.71. The normalized spacial score (nSPS) is 13.9. The summed E-state index contributed by atoms with van der Waals surface area (Å²) >= 11 is 5.80. The van der Waals surface area contributed by atoms with E-state index >= 15 is 0 Å². The molecule has 0 bridgehead atoms. The Balaban J connectivity index is 2.60. The third-order valence-electron chi connectivity index (χ3n) is 1.51. The summed E-state index contributed by atoms with van der Waals surface area (Å²) in [6.07, 6.45) is 5.36. The Hall–Kier alpha value is -1.09. The number of nitrogens with one attached hydrogen (secondary N) is 1. The third-order valence-corrected chi connectivity index (χ3v) is 1.81. The molecular formula is C7H6ClN3. The minimum atomic E-state index is 0.499. The number of rotatable bonds is 0. The first-order valence-electron chi connectivity index (χ1n) is 3.29. The Labute approximate surface area is 69.1 Å². The van der Waals surface area contributed by atoms with Gasteiger partial charge < -0.3 is 5.32 Å². The van der Waals surface area contributed by atoms with Gasteiger partial charge in [0.05, 0.1) is 5.56 Å². The largest absolute Gasteiger partial charge is 0.366 e. The maximum atomic E-state index is 5.80. The van der Waals surface area contributed by atoms with Crippen molar-refractivity contribution in [3.63, 3.8) is 0 Å². The van der Waals surface area contributed by atoms with Gasteiger partial charge in [0.1, 0.15) is 17.3 Å². The van der Waals surface area contributed by atoms with Crippen molar-refractivity contribution in [1.82, 2.24) is 9.97 Å². The lowest BCUT2D eigenvalue weighted by atomic mass is 10.2. The molecule has 3 nitrogen and oxygen atoms in total. The zero-order chi connectivity index (χ0) is 7.68. The average molecular weight is 168 g/mol. The van der Waals surface area contributed by atoms with Gasteiger partial charge in [-0.3, -0.25) is 0 Å². The standard InChI is InChI=1S/C7H6ClN3/c8-6-5-2-1-3-9-7(5)11-4-10-6/h1-2,4H,3H2,(H,9,10,11). The van der Waals surface area contributed by atoms with E-state index in [1.807, 2.05) is 12.2 Å². The van der Waals surface area contributed by atoms with E-state index in [9.17, 15) is 0 Å². The van der Waals surface area contributed by atoms with Gasteiger partial charge in [-0.2, -0.15) is 0 Å². The Morgan fingerprint density at radius 2 is 2.36 bits per heavy atom. The van der Waals surface area contributed by atoms with Gasteiger partial charge in [-0.1, -0.05) is 23.8 Å². The molecule has 0 radical (unpaired) electrons. The highest BCUT2D eigenvalue weighted by Crippen LogP contribution is 2.23. The topological polar surface area (TPSA) is 37.8 Å². The summed E-state index contributed by atoms with van der Waals surface area (Å²) < 4.78 is 0. The molecule has 1 aliphatic rings. The quantitative estimate of drug-likeness (QED) is 0.596. The third kappa shape index (κ3) is 1.07. The molecule has 11 heavy (non-hydrogen) atoms. The Morgan fingerprint density at radius 1 is 1.45 bits per heavy atom. The van der Waals surface area contributed by atoms with Crippen LogP contribution >= 0.6 is 11.6 Å². The van der Waals surface area contributed by atoms with Crippen molar-refractivity contribution >= 4 is 23.5 Å². The molecule has 1 aromatic rings. The van der Waals surface area contributed by atoms with Crippen LogP contribution in [0.25, 0.3) is 6.08 Å². The Bertz CT molecular complexity index is 309. The molecule has 0 aliphatic carbocycles. The maximum absolute atomic E-state index is 5.80. The number of hydrogen-bond acceptors (Lipinski definition) is 3. The van der Waals surface area contributed by atoms with Crippen molar-refractivity contribution in [2.75, 3.05) is 11.9 Å². The molecule has 1 aliphatic heterocycles. The summed E-state index contributed by atoms with van der Waals surface area (Å²) in [5, 5.41) is 3.58. The summed E-state index contributed by atoms with van der Waals surface area (Å²) in [4.78, 5) is 7.88. The SMILES string of the molecule is Clc1ncnc2c1C=CCN2. The molecule has 0 aromatic carbocycles. The van der Waals surface area contributed by atoms with Gasteiger partial charge >= 0.3 is 0 Å². The van der Waals surface area contributed by atoms with Crippen LogP contribution in [-0.2, 0) is 0 Å². The molecule has 0 unspecified atom stereocenters. The second-order valence-corrected chi connectivity index (χ2v) is 2.57. The summed E-state index contributed by atoms with van der Waals surface area (Å²) in [6, 6.07) is 0. The summed E-state index contributed by atoms with van der Waals surface area (Å²) in [5.41, 5.74) is 0.875. The van der Waals surface area contributed by atoms with Crippen molar-refractivity contribution in [2.24, 2.45) is 0 Å². The first-order chi connectivity index (χ1) is 5.38. The van der Waals surface area contributed by atoms with Crippen LogP contribution < -0.4 is 5.32 Å². The number of aromatic nitrogens is 2. The van der Waals surface area contributed by atoms with E-state index in [0.717, 1.165) is 17.9 Å². The second-order valence-electron chi connectivity index (χ2n) is 2.21. The molecule has 0 amide bonds. The molecule has 4 heteroatoms. The first-order valence-corrected chi connectivity index (χ1v) is 3.66. The number of nitrogens with zero attached hydrogens (tertiary/aromatic N) is 2. The van der Waals surface area contributed by atoms with E-state index in [1.165, 1.54) is 6.33 Å². The van der Waals surface area contributed by atoms with Crippen LogP contribution in [0.2, 0.25) is 5.15 Å². The molecule has 0 spiro atoms. The number of halogens is 1. The van der Waals surface area contributed by atoms with Gasteiger partial charge in [0, 0.05) is 6.54 Å². The van der Waals surface area contributed by atoms with Crippen molar-refractivity contribution in [1.29, 1.82) is 0 Å². The van der Waals surface area contributed by atoms with E-state index < -0.39 is 0 Å². The van der Waals surface area contributed by atoms with Crippen molar-refractivity contribution in [2.45, 2.75) is 0 Å². The van der Waals surface area contributed by atoms with Gasteiger partial charge in [0.15, 0.2) is 0 Å². The molecule has 1 N–H and O–H groups in total. The highest BCUT2D eigenvalue weighted by atomic mass is 35.5. The Morgan fingerprint density at radius 3 is 3.18 bits per heavy atom. The van der Waals surface area contributed by atoms with E-state index in [4.69, 9.17) is 11.6 Å². The highest BCUT2D eigenvalue weighted by molar-refractivity contribution is 6.31. The van der Waals surface area contributed by atoms with E-state index in [1.54, 1.807) is 0 Å². The summed E-state index contributed by atoms with van der Waals surface area (Å²) in [6.45, 7) is 0.806. The lowest BCUT2D eigenvalue weighted by Crippen LogP contribution is -2.07. The lowest BCUT2D eigenvalue weighted by molar-refractivity contribution is 1.12. The van der Waals surface area contributed by atoms with Crippen LogP contribution in [0, 0.1) is 0 Å².